The van der Waals surface area contributed by atoms with Crippen LogP contribution in [0.15, 0.2) is 29.2 Å². The van der Waals surface area contributed by atoms with Gasteiger partial charge >= 0.3 is 0 Å². The third-order valence-corrected chi connectivity index (χ3v) is 5.79. The molecule has 2 unspecified atom stereocenters. The molecular weight excluding hydrogens is 244 g/mol. The van der Waals surface area contributed by atoms with Crippen LogP contribution in [0.3, 0.4) is 0 Å². The van der Waals surface area contributed by atoms with Gasteiger partial charge in [0.1, 0.15) is 0 Å². The fourth-order valence-corrected chi connectivity index (χ4v) is 5.41. The van der Waals surface area contributed by atoms with Crippen molar-refractivity contribution in [2.75, 3.05) is 11.5 Å². The topological polar surface area (TPSA) is 54.4 Å². The lowest BCUT2D eigenvalue weighted by Gasteiger charge is -2.12. The van der Waals surface area contributed by atoms with Crippen LogP contribution < -0.4 is 0 Å². The van der Waals surface area contributed by atoms with Crippen LogP contribution in [0.25, 0.3) is 0 Å². The summed E-state index contributed by atoms with van der Waals surface area (Å²) in [7, 11) is -3.05. The number of hydrogen-bond acceptors (Lipinski definition) is 4. The zero-order valence-corrected chi connectivity index (χ0v) is 10.6. The molecule has 1 aromatic rings. The molecule has 0 amide bonds. The largest absolute Gasteiger partial charge is 0.391 e. The molecule has 0 saturated carbocycles. The Morgan fingerprint density at radius 3 is 2.69 bits per heavy atom. The third-order valence-electron chi connectivity index (χ3n) is 2.55. The van der Waals surface area contributed by atoms with Crippen LogP contribution in [0, 0.1) is 6.92 Å². The SMILES string of the molecule is Cc1cccc(SC2CS(=O)(=O)CC2O)c1. The summed E-state index contributed by atoms with van der Waals surface area (Å²) in [6, 6.07) is 7.87. The van der Waals surface area contributed by atoms with Gasteiger partial charge in [-0.3, -0.25) is 0 Å². The van der Waals surface area contributed by atoms with Crippen molar-refractivity contribution in [3.05, 3.63) is 29.8 Å². The van der Waals surface area contributed by atoms with Crippen molar-refractivity contribution in [1.82, 2.24) is 0 Å². The number of rotatable bonds is 2. The van der Waals surface area contributed by atoms with E-state index in [1.807, 2.05) is 31.2 Å². The van der Waals surface area contributed by atoms with Crippen LogP contribution in [-0.4, -0.2) is 36.4 Å². The van der Waals surface area contributed by atoms with Crippen molar-refractivity contribution >= 4 is 21.6 Å². The van der Waals surface area contributed by atoms with E-state index in [9.17, 15) is 13.5 Å². The second-order valence-corrected chi connectivity index (χ2v) is 7.58. The molecule has 0 bridgehead atoms. The number of aliphatic hydroxyl groups excluding tert-OH is 1. The maximum atomic E-state index is 11.3. The summed E-state index contributed by atoms with van der Waals surface area (Å²) in [4.78, 5) is 1.01. The minimum atomic E-state index is -3.05. The second kappa shape index (κ2) is 4.39. The maximum absolute atomic E-state index is 11.3. The van der Waals surface area contributed by atoms with Crippen LogP contribution in [0.5, 0.6) is 0 Å². The highest BCUT2D eigenvalue weighted by Gasteiger charge is 2.36. The fourth-order valence-electron chi connectivity index (χ4n) is 1.77. The molecule has 2 atom stereocenters. The van der Waals surface area contributed by atoms with Crippen LogP contribution in [0.2, 0.25) is 0 Å². The highest BCUT2D eigenvalue weighted by atomic mass is 32.2. The fraction of sp³-hybridized carbons (Fsp3) is 0.455. The summed E-state index contributed by atoms with van der Waals surface area (Å²) in [5.74, 6) is -0.0245. The summed E-state index contributed by atoms with van der Waals surface area (Å²) in [6.07, 6.45) is -0.740. The van der Waals surface area contributed by atoms with Gasteiger partial charge in [-0.1, -0.05) is 17.7 Å². The predicted octanol–water partition coefficient (Wildman–Crippen LogP) is 1.25. The summed E-state index contributed by atoms with van der Waals surface area (Å²) in [5, 5.41) is 9.43. The monoisotopic (exact) mass is 258 g/mol. The summed E-state index contributed by atoms with van der Waals surface area (Å²) in [6.45, 7) is 1.99. The molecule has 16 heavy (non-hydrogen) atoms. The molecule has 1 aliphatic heterocycles. The Morgan fingerprint density at radius 1 is 1.38 bits per heavy atom. The molecule has 0 aliphatic carbocycles. The zero-order chi connectivity index (χ0) is 11.8. The van der Waals surface area contributed by atoms with Gasteiger partial charge in [-0.05, 0) is 19.1 Å². The van der Waals surface area contributed by atoms with Crippen LogP contribution >= 0.6 is 11.8 Å². The Bertz CT molecular complexity index is 482. The average Bonchev–Trinajstić information content (AvgIpc) is 2.39. The Morgan fingerprint density at radius 2 is 2.12 bits per heavy atom. The van der Waals surface area contributed by atoms with Gasteiger partial charge in [0, 0.05) is 4.90 Å². The van der Waals surface area contributed by atoms with Gasteiger partial charge in [-0.2, -0.15) is 0 Å². The van der Waals surface area contributed by atoms with Crippen molar-refractivity contribution in [3.63, 3.8) is 0 Å². The number of hydrogen-bond donors (Lipinski definition) is 1. The molecule has 1 heterocycles. The smallest absolute Gasteiger partial charge is 0.154 e. The van der Waals surface area contributed by atoms with Crippen molar-refractivity contribution in [2.24, 2.45) is 0 Å². The maximum Gasteiger partial charge on any atom is 0.154 e. The summed E-state index contributed by atoms with van der Waals surface area (Å²) >= 11 is 1.45. The van der Waals surface area contributed by atoms with E-state index in [1.165, 1.54) is 11.8 Å². The minimum Gasteiger partial charge on any atom is -0.391 e. The van der Waals surface area contributed by atoms with Crippen LogP contribution in [0.4, 0.5) is 0 Å². The molecule has 1 aromatic carbocycles. The predicted molar refractivity (Wildman–Crippen MR) is 65.5 cm³/mol. The highest BCUT2D eigenvalue weighted by Crippen LogP contribution is 2.31. The highest BCUT2D eigenvalue weighted by molar-refractivity contribution is 8.02. The number of thioether (sulfide) groups is 1. The molecule has 0 radical (unpaired) electrons. The van der Waals surface area contributed by atoms with Crippen molar-refractivity contribution in [2.45, 2.75) is 23.2 Å². The number of aliphatic hydroxyl groups is 1. The molecule has 2 rings (SSSR count). The number of aryl methyl sites for hydroxylation is 1. The van der Waals surface area contributed by atoms with Crippen LogP contribution in [0.1, 0.15) is 5.56 Å². The first-order valence-electron chi connectivity index (χ1n) is 5.08. The molecule has 3 nitrogen and oxygen atoms in total. The lowest BCUT2D eigenvalue weighted by molar-refractivity contribution is 0.207. The molecule has 0 spiro atoms. The number of benzene rings is 1. The van der Waals surface area contributed by atoms with E-state index in [0.717, 1.165) is 10.5 Å². The van der Waals surface area contributed by atoms with Gasteiger partial charge < -0.3 is 5.11 Å². The molecule has 0 aromatic heterocycles. The van der Waals surface area contributed by atoms with E-state index in [0.29, 0.717) is 0 Å². The normalized spacial score (nSPS) is 28.1. The Hall–Kier alpha value is -0.520. The van der Waals surface area contributed by atoms with E-state index >= 15 is 0 Å². The Kier molecular flexibility index (Phi) is 3.28. The van der Waals surface area contributed by atoms with E-state index in [4.69, 9.17) is 0 Å². The van der Waals surface area contributed by atoms with Gasteiger partial charge in [-0.15, -0.1) is 11.8 Å². The van der Waals surface area contributed by atoms with Crippen molar-refractivity contribution in [1.29, 1.82) is 0 Å². The van der Waals surface area contributed by atoms with E-state index in [-0.39, 0.29) is 16.8 Å². The van der Waals surface area contributed by atoms with Crippen molar-refractivity contribution in [3.8, 4) is 0 Å². The van der Waals surface area contributed by atoms with E-state index < -0.39 is 15.9 Å². The Labute approximate surface area is 99.8 Å². The first kappa shape index (κ1) is 12.0. The Balaban J connectivity index is 2.11. The molecular formula is C11H14O3S2. The first-order valence-corrected chi connectivity index (χ1v) is 7.78. The molecule has 1 fully saturated rings. The molecule has 1 N–H and O–H groups in total. The van der Waals surface area contributed by atoms with Gasteiger partial charge in [0.05, 0.1) is 22.9 Å². The number of sulfone groups is 1. The second-order valence-electron chi connectivity index (χ2n) is 4.12. The average molecular weight is 258 g/mol. The van der Waals surface area contributed by atoms with Gasteiger partial charge in [0.15, 0.2) is 9.84 Å². The molecule has 88 valence electrons. The lowest BCUT2D eigenvalue weighted by atomic mass is 10.2. The van der Waals surface area contributed by atoms with E-state index in [1.54, 1.807) is 0 Å². The third kappa shape index (κ3) is 2.78. The quantitative estimate of drug-likeness (QED) is 0.867. The summed E-state index contributed by atoms with van der Waals surface area (Å²) in [5.41, 5.74) is 1.14. The van der Waals surface area contributed by atoms with Gasteiger partial charge in [0.2, 0.25) is 0 Å². The van der Waals surface area contributed by atoms with Crippen LogP contribution in [-0.2, 0) is 9.84 Å². The molecule has 1 aliphatic rings. The van der Waals surface area contributed by atoms with E-state index in [2.05, 4.69) is 0 Å². The zero-order valence-electron chi connectivity index (χ0n) is 8.96. The lowest BCUT2D eigenvalue weighted by Crippen LogP contribution is -2.19. The summed E-state index contributed by atoms with van der Waals surface area (Å²) < 4.78 is 22.7. The first-order chi connectivity index (χ1) is 7.46. The molecule has 5 heteroatoms. The standard InChI is InChI=1S/C11H14O3S2/c1-8-3-2-4-9(5-8)15-11-7-16(13,14)6-10(11)12/h2-5,10-12H,6-7H2,1H3. The van der Waals surface area contributed by atoms with Gasteiger partial charge in [0.25, 0.3) is 0 Å². The van der Waals surface area contributed by atoms with Gasteiger partial charge in [-0.25, -0.2) is 8.42 Å². The molecule has 1 saturated heterocycles. The minimum absolute atomic E-state index is 0.0762. The van der Waals surface area contributed by atoms with Crippen molar-refractivity contribution < 1.29 is 13.5 Å².